The fourth-order valence-electron chi connectivity index (χ4n) is 0.844. The minimum atomic E-state index is -1.11. The van der Waals surface area contributed by atoms with Crippen molar-refractivity contribution in [2.75, 3.05) is 26.4 Å². The van der Waals surface area contributed by atoms with Crippen molar-refractivity contribution in [2.24, 2.45) is 5.41 Å². The summed E-state index contributed by atoms with van der Waals surface area (Å²) in [7, 11) is 0. The molecule has 5 nitrogen and oxygen atoms in total. The highest BCUT2D eigenvalue weighted by molar-refractivity contribution is 4.74. The summed E-state index contributed by atoms with van der Waals surface area (Å²) in [6.07, 6.45) is 0.750. The number of rotatable bonds is 6. The summed E-state index contributed by atoms with van der Waals surface area (Å²) in [5.41, 5.74) is -1.11. The smallest absolute Gasteiger partial charge is 0.0627 e. The summed E-state index contributed by atoms with van der Waals surface area (Å²) in [5, 5.41) is 34.0. The fourth-order valence-corrected chi connectivity index (χ4v) is 0.844. The Kier molecular flexibility index (Phi) is 11.3. The van der Waals surface area contributed by atoms with Gasteiger partial charge >= 0.3 is 0 Å². The first kappa shape index (κ1) is 18.2. The van der Waals surface area contributed by atoms with Crippen LogP contribution < -0.4 is 0 Å². The van der Waals surface area contributed by atoms with Crippen LogP contribution in [0.3, 0.4) is 0 Å². The molecule has 0 aromatic heterocycles. The predicted molar refractivity (Wildman–Crippen MR) is 62.1 cm³/mol. The van der Waals surface area contributed by atoms with Crippen LogP contribution in [0.2, 0.25) is 0 Å². The number of ether oxygens (including phenoxy) is 1. The molecule has 16 heavy (non-hydrogen) atoms. The Morgan fingerprint density at radius 1 is 0.750 bits per heavy atom. The predicted octanol–water partition coefficient (Wildman–Crippen LogP) is -0.238. The van der Waals surface area contributed by atoms with E-state index < -0.39 is 31.8 Å². The van der Waals surface area contributed by atoms with E-state index in [1.165, 1.54) is 0 Å². The maximum absolute atomic E-state index is 8.50. The largest absolute Gasteiger partial charge is 0.396 e. The third-order valence-electron chi connectivity index (χ3n) is 1.89. The molecule has 0 radical (unpaired) electrons. The Balaban J connectivity index is 0. The molecule has 100 valence electrons. The van der Waals surface area contributed by atoms with Gasteiger partial charge in [-0.1, -0.05) is 0 Å². The Bertz CT molecular complexity index is 120. The number of hydrogen-bond donors (Lipinski definition) is 4. The molecule has 0 aromatic carbocycles. The van der Waals surface area contributed by atoms with Crippen molar-refractivity contribution in [1.29, 1.82) is 0 Å². The summed E-state index contributed by atoms with van der Waals surface area (Å²) in [6, 6.07) is 0. The molecule has 0 bridgehead atoms. The molecule has 4 N–H and O–H groups in total. The molecule has 0 aromatic rings. The van der Waals surface area contributed by atoms with Gasteiger partial charge in [0.25, 0.3) is 0 Å². The highest BCUT2D eigenvalue weighted by Gasteiger charge is 2.26. The van der Waals surface area contributed by atoms with Crippen LogP contribution >= 0.6 is 0 Å². The van der Waals surface area contributed by atoms with Crippen molar-refractivity contribution in [1.82, 2.24) is 0 Å². The van der Waals surface area contributed by atoms with E-state index in [1.54, 1.807) is 0 Å². The van der Waals surface area contributed by atoms with Crippen molar-refractivity contribution in [3.05, 3.63) is 0 Å². The first-order valence-electron chi connectivity index (χ1n) is 5.46. The van der Waals surface area contributed by atoms with E-state index >= 15 is 0 Å². The monoisotopic (exact) mass is 238 g/mol. The lowest BCUT2D eigenvalue weighted by atomic mass is 9.93. The van der Waals surface area contributed by atoms with Crippen molar-refractivity contribution in [3.8, 4) is 0 Å². The average molecular weight is 238 g/mol. The van der Waals surface area contributed by atoms with E-state index in [1.807, 2.05) is 27.7 Å². The molecule has 0 rings (SSSR count). The van der Waals surface area contributed by atoms with Crippen LogP contribution in [0.15, 0.2) is 0 Å². The van der Waals surface area contributed by atoms with E-state index in [9.17, 15) is 0 Å². The van der Waals surface area contributed by atoms with Gasteiger partial charge in [-0.2, -0.15) is 0 Å². The molecule has 0 spiro atoms. The second-order valence-electron chi connectivity index (χ2n) is 4.37. The van der Waals surface area contributed by atoms with Crippen LogP contribution in [0.4, 0.5) is 0 Å². The average Bonchev–Trinajstić information content (AvgIpc) is 2.21. The van der Waals surface area contributed by atoms with Crippen molar-refractivity contribution < 1.29 is 25.2 Å². The standard InChI is InChI=1S/C6H14O.C5H12O4/c1-5(2)7-6(3)4;6-1-5(2-7,3-8)4-9/h5-6H,1-4H3;6-9H,1-4H2. The molecule has 0 unspecified atom stereocenters. The van der Waals surface area contributed by atoms with Gasteiger partial charge in [-0.25, -0.2) is 0 Å². The molecular formula is C11H26O5. The first-order valence-corrected chi connectivity index (χ1v) is 5.46. The topological polar surface area (TPSA) is 90.2 Å². The molecule has 0 aliphatic heterocycles. The highest BCUT2D eigenvalue weighted by atomic mass is 16.5. The molecule has 0 saturated heterocycles. The van der Waals surface area contributed by atoms with Gasteiger partial charge in [0, 0.05) is 0 Å². The molecule has 0 atom stereocenters. The maximum Gasteiger partial charge on any atom is 0.0627 e. The van der Waals surface area contributed by atoms with Crippen molar-refractivity contribution in [2.45, 2.75) is 39.9 Å². The lowest BCUT2D eigenvalue weighted by Crippen LogP contribution is -2.37. The van der Waals surface area contributed by atoms with Crippen LogP contribution in [0.5, 0.6) is 0 Å². The third-order valence-corrected chi connectivity index (χ3v) is 1.89. The Hall–Kier alpha value is -0.200. The van der Waals surface area contributed by atoms with Gasteiger partial charge in [0.1, 0.15) is 0 Å². The van der Waals surface area contributed by atoms with Gasteiger partial charge in [-0.3, -0.25) is 0 Å². The SMILES string of the molecule is CC(C)OC(C)C.OCC(CO)(CO)CO. The van der Waals surface area contributed by atoms with Crippen molar-refractivity contribution in [3.63, 3.8) is 0 Å². The Morgan fingerprint density at radius 2 is 1.00 bits per heavy atom. The number of aliphatic hydroxyl groups excluding tert-OH is 4. The Morgan fingerprint density at radius 3 is 1.00 bits per heavy atom. The Labute approximate surface area is 97.7 Å². The normalized spacial score (nSPS) is 11.6. The quantitative estimate of drug-likeness (QED) is 0.513. The molecule has 0 saturated carbocycles. The van der Waals surface area contributed by atoms with Gasteiger partial charge in [0.15, 0.2) is 0 Å². The molecular weight excluding hydrogens is 212 g/mol. The zero-order chi connectivity index (χ0) is 13.2. The summed E-state index contributed by atoms with van der Waals surface area (Å²) in [4.78, 5) is 0. The van der Waals surface area contributed by atoms with E-state index in [4.69, 9.17) is 25.2 Å². The van der Waals surface area contributed by atoms with Crippen LogP contribution in [0.1, 0.15) is 27.7 Å². The lowest BCUT2D eigenvalue weighted by molar-refractivity contribution is -0.0328. The fraction of sp³-hybridized carbons (Fsp3) is 1.00. The molecule has 0 aliphatic rings. The molecule has 0 aliphatic carbocycles. The number of aliphatic hydroxyl groups is 4. The summed E-state index contributed by atoms with van der Waals surface area (Å²) in [6.45, 7) is 6.54. The molecule has 5 heteroatoms. The van der Waals surface area contributed by atoms with Gasteiger partial charge in [-0.15, -0.1) is 0 Å². The van der Waals surface area contributed by atoms with Gasteiger partial charge in [0.05, 0.1) is 44.1 Å². The van der Waals surface area contributed by atoms with Crippen molar-refractivity contribution >= 4 is 0 Å². The minimum absolute atomic E-state index is 0.375. The minimum Gasteiger partial charge on any atom is -0.396 e. The van der Waals surface area contributed by atoms with Crippen LogP contribution in [0, 0.1) is 5.41 Å². The maximum atomic E-state index is 8.50. The third kappa shape index (κ3) is 9.06. The summed E-state index contributed by atoms with van der Waals surface area (Å²) >= 11 is 0. The highest BCUT2D eigenvalue weighted by Crippen LogP contribution is 2.11. The van der Waals surface area contributed by atoms with Gasteiger partial charge < -0.3 is 25.2 Å². The van der Waals surface area contributed by atoms with E-state index in [0.29, 0.717) is 12.2 Å². The van der Waals surface area contributed by atoms with Gasteiger partial charge in [-0.05, 0) is 27.7 Å². The van der Waals surface area contributed by atoms with Gasteiger partial charge in [0.2, 0.25) is 0 Å². The molecule has 0 fully saturated rings. The van der Waals surface area contributed by atoms with E-state index in [2.05, 4.69) is 0 Å². The van der Waals surface area contributed by atoms with E-state index in [0.717, 1.165) is 0 Å². The number of hydrogen-bond acceptors (Lipinski definition) is 5. The second kappa shape index (κ2) is 9.99. The van der Waals surface area contributed by atoms with Crippen LogP contribution in [-0.4, -0.2) is 59.1 Å². The summed E-state index contributed by atoms with van der Waals surface area (Å²) < 4.78 is 5.25. The zero-order valence-corrected chi connectivity index (χ0v) is 10.7. The molecule has 0 heterocycles. The van der Waals surface area contributed by atoms with Crippen LogP contribution in [0.25, 0.3) is 0 Å². The lowest BCUT2D eigenvalue weighted by Gasteiger charge is -2.23. The van der Waals surface area contributed by atoms with Crippen LogP contribution in [-0.2, 0) is 4.74 Å². The van der Waals surface area contributed by atoms with E-state index in [-0.39, 0.29) is 0 Å². The second-order valence-corrected chi connectivity index (χ2v) is 4.37. The first-order chi connectivity index (χ1) is 7.37. The summed E-state index contributed by atoms with van der Waals surface area (Å²) in [5.74, 6) is 0. The molecule has 0 amide bonds. The zero-order valence-electron chi connectivity index (χ0n) is 10.7.